The SMILES string of the molecule is Cc1ccc2nc3c(cc(C(=O)NCc4cccnc4)c(=N)n3CCc3ccccc3)c(=O)n2c1. The minimum absolute atomic E-state index is 0.0143. The Labute approximate surface area is 201 Å². The first-order valence-corrected chi connectivity index (χ1v) is 11.3. The van der Waals surface area contributed by atoms with Gasteiger partial charge in [-0.15, -0.1) is 0 Å². The van der Waals surface area contributed by atoms with Gasteiger partial charge in [0, 0.05) is 31.7 Å². The summed E-state index contributed by atoms with van der Waals surface area (Å²) in [6.07, 6.45) is 5.70. The van der Waals surface area contributed by atoms with Crippen LogP contribution in [-0.4, -0.2) is 24.8 Å². The summed E-state index contributed by atoms with van der Waals surface area (Å²) in [7, 11) is 0. The van der Waals surface area contributed by atoms with Gasteiger partial charge in [0.1, 0.15) is 16.8 Å². The van der Waals surface area contributed by atoms with Crippen LogP contribution in [0, 0.1) is 12.3 Å². The maximum atomic E-state index is 13.4. The Kier molecular flexibility index (Phi) is 5.93. The zero-order valence-electron chi connectivity index (χ0n) is 19.2. The normalized spacial score (nSPS) is 11.1. The molecular formula is C27H24N6O2. The van der Waals surface area contributed by atoms with Gasteiger partial charge in [-0.05, 0) is 48.2 Å². The second kappa shape index (κ2) is 9.34. The first-order valence-electron chi connectivity index (χ1n) is 11.3. The van der Waals surface area contributed by atoms with E-state index in [9.17, 15) is 9.59 Å². The van der Waals surface area contributed by atoms with Crippen molar-refractivity contribution in [3.8, 4) is 0 Å². The molecule has 0 radical (unpaired) electrons. The van der Waals surface area contributed by atoms with Gasteiger partial charge in [0.15, 0.2) is 0 Å². The van der Waals surface area contributed by atoms with Crippen LogP contribution in [0.15, 0.2) is 84.0 Å². The number of aromatic nitrogens is 4. The second-order valence-corrected chi connectivity index (χ2v) is 8.43. The van der Waals surface area contributed by atoms with E-state index in [2.05, 4.69) is 10.3 Å². The van der Waals surface area contributed by atoms with Gasteiger partial charge in [-0.25, -0.2) is 4.98 Å². The highest BCUT2D eigenvalue weighted by atomic mass is 16.1. The number of carbonyl (C=O) groups is 1. The molecular weight excluding hydrogens is 440 g/mol. The summed E-state index contributed by atoms with van der Waals surface area (Å²) < 4.78 is 3.14. The van der Waals surface area contributed by atoms with Crippen LogP contribution >= 0.6 is 0 Å². The molecule has 8 heteroatoms. The predicted molar refractivity (Wildman–Crippen MR) is 133 cm³/mol. The third-order valence-electron chi connectivity index (χ3n) is 5.94. The zero-order valence-corrected chi connectivity index (χ0v) is 19.2. The molecule has 0 saturated carbocycles. The fourth-order valence-electron chi connectivity index (χ4n) is 4.10. The first kappa shape index (κ1) is 22.2. The number of benzene rings is 1. The minimum Gasteiger partial charge on any atom is -0.348 e. The summed E-state index contributed by atoms with van der Waals surface area (Å²) in [4.78, 5) is 35.4. The molecule has 2 N–H and O–H groups in total. The van der Waals surface area contributed by atoms with Crippen LogP contribution in [0.3, 0.4) is 0 Å². The monoisotopic (exact) mass is 464 g/mol. The van der Waals surface area contributed by atoms with Gasteiger partial charge in [0.25, 0.3) is 11.5 Å². The molecule has 35 heavy (non-hydrogen) atoms. The molecule has 0 aliphatic carbocycles. The van der Waals surface area contributed by atoms with Crippen molar-refractivity contribution in [3.63, 3.8) is 0 Å². The highest BCUT2D eigenvalue weighted by molar-refractivity contribution is 5.96. The number of nitrogens with zero attached hydrogens (tertiary/aromatic N) is 4. The molecule has 0 spiro atoms. The number of pyridine rings is 3. The smallest absolute Gasteiger partial charge is 0.267 e. The lowest BCUT2D eigenvalue weighted by Crippen LogP contribution is -2.35. The number of amides is 1. The van der Waals surface area contributed by atoms with Crippen molar-refractivity contribution in [2.45, 2.75) is 26.4 Å². The van der Waals surface area contributed by atoms with Gasteiger partial charge in [-0.1, -0.05) is 42.5 Å². The van der Waals surface area contributed by atoms with Crippen molar-refractivity contribution < 1.29 is 4.79 Å². The molecule has 8 nitrogen and oxygen atoms in total. The lowest BCUT2D eigenvalue weighted by atomic mass is 10.1. The standard InChI is InChI=1S/C27H24N6O2/c1-18-9-10-23-31-25-22(27(35)33(23)17-18)14-21(26(34)30-16-20-8-5-12-29-15-20)24(28)32(25)13-11-19-6-3-2-4-7-19/h2-10,12,14-15,17,28H,11,13,16H2,1H3,(H,30,34). The second-order valence-electron chi connectivity index (χ2n) is 8.43. The van der Waals surface area contributed by atoms with E-state index < -0.39 is 5.91 Å². The molecule has 5 rings (SSSR count). The van der Waals surface area contributed by atoms with E-state index in [0.29, 0.717) is 29.6 Å². The molecule has 0 aliphatic rings. The average Bonchev–Trinajstić information content (AvgIpc) is 2.88. The predicted octanol–water partition coefficient (Wildman–Crippen LogP) is 3.00. The summed E-state index contributed by atoms with van der Waals surface area (Å²) in [5, 5.41) is 12.0. The topological polar surface area (TPSA) is 105 Å². The van der Waals surface area contributed by atoms with E-state index in [-0.39, 0.29) is 23.2 Å². The van der Waals surface area contributed by atoms with E-state index in [1.165, 1.54) is 10.5 Å². The van der Waals surface area contributed by atoms with Crippen LogP contribution in [0.2, 0.25) is 0 Å². The Morgan fingerprint density at radius 2 is 1.86 bits per heavy atom. The van der Waals surface area contributed by atoms with E-state index in [1.54, 1.807) is 35.3 Å². The van der Waals surface area contributed by atoms with Crippen molar-refractivity contribution >= 4 is 22.6 Å². The molecule has 0 aliphatic heterocycles. The van der Waals surface area contributed by atoms with Gasteiger partial charge in [0.2, 0.25) is 0 Å². The fourth-order valence-corrected chi connectivity index (χ4v) is 4.10. The summed E-state index contributed by atoms with van der Waals surface area (Å²) >= 11 is 0. The molecule has 0 saturated heterocycles. The zero-order chi connectivity index (χ0) is 24.4. The summed E-state index contributed by atoms with van der Waals surface area (Å²) in [5.41, 5.74) is 3.60. The van der Waals surface area contributed by atoms with Gasteiger partial charge >= 0.3 is 0 Å². The molecule has 174 valence electrons. The number of hydrogen-bond donors (Lipinski definition) is 2. The summed E-state index contributed by atoms with van der Waals surface area (Å²) in [5.74, 6) is -0.428. The Hall–Kier alpha value is -4.59. The van der Waals surface area contributed by atoms with Crippen LogP contribution < -0.4 is 16.4 Å². The molecule has 0 atom stereocenters. The lowest BCUT2D eigenvalue weighted by Gasteiger charge is -2.15. The molecule has 1 amide bonds. The van der Waals surface area contributed by atoms with Crippen LogP contribution in [0.5, 0.6) is 0 Å². The molecule has 0 fully saturated rings. The van der Waals surface area contributed by atoms with E-state index in [4.69, 9.17) is 10.4 Å². The quantitative estimate of drug-likeness (QED) is 0.377. The third kappa shape index (κ3) is 4.46. The first-order chi connectivity index (χ1) is 17.0. The van der Waals surface area contributed by atoms with E-state index in [1.807, 2.05) is 49.4 Å². The van der Waals surface area contributed by atoms with Gasteiger partial charge < -0.3 is 9.88 Å². The number of fused-ring (bicyclic) bond motifs is 2. The van der Waals surface area contributed by atoms with Crippen molar-refractivity contribution in [2.24, 2.45) is 0 Å². The maximum Gasteiger partial charge on any atom is 0.267 e. The molecule has 4 aromatic heterocycles. The molecule has 0 unspecified atom stereocenters. The number of rotatable bonds is 6. The molecule has 1 aromatic carbocycles. The van der Waals surface area contributed by atoms with Crippen LogP contribution in [-0.2, 0) is 19.5 Å². The summed E-state index contributed by atoms with van der Waals surface area (Å²) in [6, 6.07) is 18.7. The van der Waals surface area contributed by atoms with Gasteiger partial charge in [-0.2, -0.15) is 0 Å². The third-order valence-corrected chi connectivity index (χ3v) is 5.94. The Balaban J connectivity index is 1.63. The number of carbonyl (C=O) groups excluding carboxylic acids is 1. The van der Waals surface area contributed by atoms with E-state index in [0.717, 1.165) is 16.7 Å². The molecule has 0 bridgehead atoms. The van der Waals surface area contributed by atoms with Gasteiger partial charge in [0.05, 0.1) is 10.9 Å². The van der Waals surface area contributed by atoms with Crippen LogP contribution in [0.25, 0.3) is 16.7 Å². The fraction of sp³-hybridized carbons (Fsp3) is 0.148. The average molecular weight is 465 g/mol. The van der Waals surface area contributed by atoms with Crippen molar-refractivity contribution in [1.29, 1.82) is 5.41 Å². The highest BCUT2D eigenvalue weighted by Gasteiger charge is 2.17. The van der Waals surface area contributed by atoms with Crippen LogP contribution in [0.1, 0.15) is 27.0 Å². The number of hydrogen-bond acceptors (Lipinski definition) is 5. The Morgan fingerprint density at radius 1 is 1.06 bits per heavy atom. The Morgan fingerprint density at radius 3 is 2.63 bits per heavy atom. The molecule has 5 aromatic rings. The highest BCUT2D eigenvalue weighted by Crippen LogP contribution is 2.13. The Bertz CT molecular complexity index is 1660. The van der Waals surface area contributed by atoms with Crippen LogP contribution in [0.4, 0.5) is 0 Å². The minimum atomic E-state index is -0.428. The van der Waals surface area contributed by atoms with Crippen molar-refractivity contribution in [3.05, 3.63) is 117 Å². The van der Waals surface area contributed by atoms with E-state index >= 15 is 0 Å². The van der Waals surface area contributed by atoms with Gasteiger partial charge in [-0.3, -0.25) is 24.4 Å². The largest absolute Gasteiger partial charge is 0.348 e. The lowest BCUT2D eigenvalue weighted by molar-refractivity contribution is 0.0948. The summed E-state index contributed by atoms with van der Waals surface area (Å²) in [6.45, 7) is 2.57. The maximum absolute atomic E-state index is 13.4. The number of nitrogens with one attached hydrogen (secondary N) is 2. The number of aryl methyl sites for hydroxylation is 3. The van der Waals surface area contributed by atoms with Crippen molar-refractivity contribution in [2.75, 3.05) is 0 Å². The molecule has 4 heterocycles. The van der Waals surface area contributed by atoms with Crippen molar-refractivity contribution in [1.82, 2.24) is 24.3 Å².